The molecule has 6 nitrogen and oxygen atoms in total. The molecule has 1 fully saturated rings. The highest BCUT2D eigenvalue weighted by Crippen LogP contribution is 2.19. The van der Waals surface area contributed by atoms with Crippen LogP contribution in [0, 0.1) is 12.7 Å². The van der Waals surface area contributed by atoms with E-state index >= 15 is 0 Å². The Bertz CT molecular complexity index is 550. The van der Waals surface area contributed by atoms with Gasteiger partial charge in [-0.1, -0.05) is 6.07 Å². The third-order valence-corrected chi connectivity index (χ3v) is 3.41. The lowest BCUT2D eigenvalue weighted by molar-refractivity contribution is -0.139. The highest BCUT2D eigenvalue weighted by atomic mass is 19.1. The Morgan fingerprint density at radius 3 is 3.00 bits per heavy atom. The topological polar surface area (TPSA) is 78.9 Å². The van der Waals surface area contributed by atoms with Gasteiger partial charge in [0.05, 0.1) is 25.7 Å². The van der Waals surface area contributed by atoms with Crippen LogP contribution in [0.3, 0.4) is 0 Å². The summed E-state index contributed by atoms with van der Waals surface area (Å²) in [5.74, 6) is -1.40. The van der Waals surface area contributed by atoms with Gasteiger partial charge < -0.3 is 20.1 Å². The van der Waals surface area contributed by atoms with Crippen LogP contribution >= 0.6 is 0 Å². The minimum atomic E-state index is -0.995. The van der Waals surface area contributed by atoms with Gasteiger partial charge in [-0.15, -0.1) is 0 Å². The molecule has 0 bridgehead atoms. The van der Waals surface area contributed by atoms with Crippen molar-refractivity contribution in [2.75, 3.05) is 25.1 Å². The average Bonchev–Trinajstić information content (AvgIpc) is 2.44. The van der Waals surface area contributed by atoms with E-state index in [2.05, 4.69) is 5.32 Å². The smallest absolute Gasteiger partial charge is 0.322 e. The van der Waals surface area contributed by atoms with Crippen molar-refractivity contribution in [3.63, 3.8) is 0 Å². The molecule has 0 aromatic heterocycles. The van der Waals surface area contributed by atoms with Crippen molar-refractivity contribution in [3.8, 4) is 0 Å². The van der Waals surface area contributed by atoms with Crippen LogP contribution in [0.4, 0.5) is 14.9 Å². The van der Waals surface area contributed by atoms with E-state index in [9.17, 15) is 14.0 Å². The first-order valence-corrected chi connectivity index (χ1v) is 6.61. The Morgan fingerprint density at radius 1 is 1.52 bits per heavy atom. The Labute approximate surface area is 121 Å². The zero-order chi connectivity index (χ0) is 15.4. The molecule has 1 unspecified atom stereocenters. The van der Waals surface area contributed by atoms with Gasteiger partial charge in [-0.25, -0.2) is 9.18 Å². The molecule has 1 aromatic carbocycles. The lowest BCUT2D eigenvalue weighted by Gasteiger charge is -2.34. The first kappa shape index (κ1) is 15.2. The highest BCUT2D eigenvalue weighted by molar-refractivity contribution is 5.90. The summed E-state index contributed by atoms with van der Waals surface area (Å²) in [4.78, 5) is 24.5. The largest absolute Gasteiger partial charge is 0.481 e. The van der Waals surface area contributed by atoms with Crippen molar-refractivity contribution in [1.82, 2.24) is 4.90 Å². The Kier molecular flexibility index (Phi) is 4.74. The molecule has 1 heterocycles. The molecule has 21 heavy (non-hydrogen) atoms. The number of benzene rings is 1. The molecule has 2 rings (SSSR count). The van der Waals surface area contributed by atoms with Crippen LogP contribution in [0.25, 0.3) is 0 Å². The van der Waals surface area contributed by atoms with E-state index in [1.807, 2.05) is 0 Å². The Hall–Kier alpha value is -2.15. The van der Waals surface area contributed by atoms with E-state index in [4.69, 9.17) is 9.84 Å². The second-order valence-corrected chi connectivity index (χ2v) is 4.86. The van der Waals surface area contributed by atoms with Crippen LogP contribution in [0.1, 0.15) is 12.0 Å². The number of halogens is 1. The molecule has 7 heteroatoms. The maximum atomic E-state index is 13.5. The summed E-state index contributed by atoms with van der Waals surface area (Å²) in [5.41, 5.74) is 0.717. The number of nitrogens with zero attached hydrogens (tertiary/aromatic N) is 1. The minimum absolute atomic E-state index is 0.182. The standard InChI is InChI=1S/C14H17FN2O4/c1-9-11(15)3-2-4-12(9)16-14(20)17-5-6-21-8-10(17)7-13(18)19/h2-4,10H,5-8H2,1H3,(H,16,20)(H,18,19). The number of carboxylic acids is 1. The summed E-state index contributed by atoms with van der Waals surface area (Å²) in [6.45, 7) is 2.41. The van der Waals surface area contributed by atoms with E-state index in [1.54, 1.807) is 13.0 Å². The number of urea groups is 1. The van der Waals surface area contributed by atoms with E-state index in [0.29, 0.717) is 24.4 Å². The van der Waals surface area contributed by atoms with Crippen molar-refractivity contribution in [2.45, 2.75) is 19.4 Å². The highest BCUT2D eigenvalue weighted by Gasteiger charge is 2.29. The fourth-order valence-electron chi connectivity index (χ4n) is 2.22. The number of carboxylic acid groups (broad SMARTS) is 1. The van der Waals surface area contributed by atoms with Crippen LogP contribution in [0.5, 0.6) is 0 Å². The number of anilines is 1. The molecule has 1 aromatic rings. The second-order valence-electron chi connectivity index (χ2n) is 4.86. The number of nitrogens with one attached hydrogen (secondary N) is 1. The fourth-order valence-corrected chi connectivity index (χ4v) is 2.22. The van der Waals surface area contributed by atoms with Crippen molar-refractivity contribution in [3.05, 3.63) is 29.6 Å². The fraction of sp³-hybridized carbons (Fsp3) is 0.429. The summed E-state index contributed by atoms with van der Waals surface area (Å²) < 4.78 is 18.7. The van der Waals surface area contributed by atoms with E-state index in [0.717, 1.165) is 0 Å². The normalized spacial score (nSPS) is 18.4. The Balaban J connectivity index is 2.10. The van der Waals surface area contributed by atoms with E-state index < -0.39 is 23.9 Å². The van der Waals surface area contributed by atoms with Crippen LogP contribution in [-0.2, 0) is 9.53 Å². The number of aliphatic carboxylic acids is 1. The predicted molar refractivity (Wildman–Crippen MR) is 73.7 cm³/mol. The van der Waals surface area contributed by atoms with Crippen molar-refractivity contribution >= 4 is 17.7 Å². The lowest BCUT2D eigenvalue weighted by atomic mass is 10.1. The monoisotopic (exact) mass is 296 g/mol. The van der Waals surface area contributed by atoms with Gasteiger partial charge >= 0.3 is 12.0 Å². The molecule has 1 atom stereocenters. The van der Waals surface area contributed by atoms with Gasteiger partial charge in [0.25, 0.3) is 0 Å². The summed E-state index contributed by atoms with van der Waals surface area (Å²) in [6.07, 6.45) is -0.185. The lowest BCUT2D eigenvalue weighted by Crippen LogP contribution is -2.51. The number of amides is 2. The maximum Gasteiger partial charge on any atom is 0.322 e. The molecule has 0 radical (unpaired) electrons. The zero-order valence-corrected chi connectivity index (χ0v) is 11.6. The molecule has 1 aliphatic heterocycles. The number of hydrogen-bond acceptors (Lipinski definition) is 3. The van der Waals surface area contributed by atoms with Crippen molar-refractivity contribution in [2.24, 2.45) is 0 Å². The van der Waals surface area contributed by atoms with Crippen LogP contribution in [-0.4, -0.2) is 47.8 Å². The van der Waals surface area contributed by atoms with Gasteiger partial charge in [0.2, 0.25) is 0 Å². The first-order chi connectivity index (χ1) is 9.99. The first-order valence-electron chi connectivity index (χ1n) is 6.61. The summed E-state index contributed by atoms with van der Waals surface area (Å²) >= 11 is 0. The number of morpholine rings is 1. The molecular formula is C14H17FN2O4. The number of hydrogen-bond donors (Lipinski definition) is 2. The van der Waals surface area contributed by atoms with Gasteiger partial charge in [0.1, 0.15) is 5.82 Å². The molecule has 0 spiro atoms. The molecule has 2 N–H and O–H groups in total. The molecule has 1 saturated heterocycles. The predicted octanol–water partition coefficient (Wildman–Crippen LogP) is 1.84. The molecule has 2 amide bonds. The van der Waals surface area contributed by atoms with Gasteiger partial charge in [-0.3, -0.25) is 4.79 Å². The van der Waals surface area contributed by atoms with E-state index in [1.165, 1.54) is 17.0 Å². The number of carbonyl (C=O) groups excluding carboxylic acids is 1. The number of rotatable bonds is 3. The SMILES string of the molecule is Cc1c(F)cccc1NC(=O)N1CCOCC1CC(=O)O. The second kappa shape index (κ2) is 6.53. The molecule has 0 saturated carbocycles. The van der Waals surface area contributed by atoms with Crippen LogP contribution in [0.2, 0.25) is 0 Å². The van der Waals surface area contributed by atoms with E-state index in [-0.39, 0.29) is 13.0 Å². The third kappa shape index (κ3) is 3.69. The van der Waals surface area contributed by atoms with Gasteiger partial charge in [0.15, 0.2) is 0 Å². The summed E-state index contributed by atoms with van der Waals surface area (Å²) in [6, 6.07) is 3.45. The maximum absolute atomic E-state index is 13.5. The number of ether oxygens (including phenoxy) is 1. The third-order valence-electron chi connectivity index (χ3n) is 3.41. The van der Waals surface area contributed by atoms with Gasteiger partial charge in [-0.2, -0.15) is 0 Å². The average molecular weight is 296 g/mol. The van der Waals surface area contributed by atoms with Crippen molar-refractivity contribution in [1.29, 1.82) is 0 Å². The summed E-state index contributed by atoms with van der Waals surface area (Å²) in [7, 11) is 0. The molecule has 0 aliphatic carbocycles. The summed E-state index contributed by atoms with van der Waals surface area (Å²) in [5, 5.41) is 11.5. The van der Waals surface area contributed by atoms with Gasteiger partial charge in [0, 0.05) is 17.8 Å². The van der Waals surface area contributed by atoms with Crippen LogP contribution < -0.4 is 5.32 Å². The van der Waals surface area contributed by atoms with Gasteiger partial charge in [-0.05, 0) is 19.1 Å². The molecule has 114 valence electrons. The Morgan fingerprint density at radius 2 is 2.29 bits per heavy atom. The quantitative estimate of drug-likeness (QED) is 0.892. The zero-order valence-electron chi connectivity index (χ0n) is 11.6. The number of carbonyl (C=O) groups is 2. The molecular weight excluding hydrogens is 279 g/mol. The van der Waals surface area contributed by atoms with Crippen LogP contribution in [0.15, 0.2) is 18.2 Å². The van der Waals surface area contributed by atoms with Crippen molar-refractivity contribution < 1.29 is 23.8 Å². The minimum Gasteiger partial charge on any atom is -0.481 e. The molecule has 1 aliphatic rings.